The number of hydrogen-bond acceptors (Lipinski definition) is 1. The first kappa shape index (κ1) is 18.7. The molecule has 1 nitrogen and oxygen atoms in total. The van der Waals surface area contributed by atoms with Gasteiger partial charge in [0, 0.05) is 5.92 Å². The Balaban J connectivity index is 2.62. The van der Waals surface area contributed by atoms with Crippen LogP contribution in [-0.4, -0.2) is 13.2 Å². The van der Waals surface area contributed by atoms with Gasteiger partial charge in [0.25, 0.3) is 0 Å². The van der Waals surface area contributed by atoms with Gasteiger partial charge in [0.05, 0.1) is 13.2 Å². The summed E-state index contributed by atoms with van der Waals surface area (Å²) in [7, 11) is 0. The van der Waals surface area contributed by atoms with Crippen LogP contribution in [0.3, 0.4) is 0 Å². The molecule has 1 aliphatic rings. The third-order valence-electron chi connectivity index (χ3n) is 4.79. The molecule has 1 heteroatoms. The zero-order valence-corrected chi connectivity index (χ0v) is 15.7. The van der Waals surface area contributed by atoms with E-state index >= 15 is 0 Å². The molecule has 0 amide bonds. The van der Waals surface area contributed by atoms with Gasteiger partial charge >= 0.3 is 0 Å². The topological polar surface area (TPSA) is 9.23 Å². The van der Waals surface area contributed by atoms with E-state index in [9.17, 15) is 0 Å². The number of rotatable bonds is 5. The molecular formula is C20H38O. The highest BCUT2D eigenvalue weighted by molar-refractivity contribution is 5.03. The predicted octanol–water partition coefficient (Wildman–Crippen LogP) is 5.95. The van der Waals surface area contributed by atoms with Crippen LogP contribution in [0.5, 0.6) is 0 Å². The van der Waals surface area contributed by atoms with E-state index in [1.54, 1.807) is 0 Å². The van der Waals surface area contributed by atoms with Crippen LogP contribution in [0, 0.1) is 34.5 Å². The molecule has 0 saturated carbocycles. The SMILES string of the molecule is C[C@@H]1C=C[C@H](COCC(C)(C)C)C(CCC(C)(C)C)[C@H]1C. The summed E-state index contributed by atoms with van der Waals surface area (Å²) >= 11 is 0. The van der Waals surface area contributed by atoms with Crippen molar-refractivity contribution in [3.05, 3.63) is 12.2 Å². The normalized spacial score (nSPS) is 30.7. The van der Waals surface area contributed by atoms with E-state index < -0.39 is 0 Å². The van der Waals surface area contributed by atoms with Crippen LogP contribution in [0.4, 0.5) is 0 Å². The van der Waals surface area contributed by atoms with Gasteiger partial charge < -0.3 is 4.74 Å². The first-order valence-electron chi connectivity index (χ1n) is 8.76. The van der Waals surface area contributed by atoms with Crippen molar-refractivity contribution in [3.63, 3.8) is 0 Å². The van der Waals surface area contributed by atoms with Gasteiger partial charge in [-0.1, -0.05) is 67.5 Å². The zero-order valence-electron chi connectivity index (χ0n) is 15.7. The maximum atomic E-state index is 6.03. The lowest BCUT2D eigenvalue weighted by molar-refractivity contribution is 0.0280. The Morgan fingerprint density at radius 1 is 0.905 bits per heavy atom. The van der Waals surface area contributed by atoms with Gasteiger partial charge in [-0.25, -0.2) is 0 Å². The Hall–Kier alpha value is -0.300. The average Bonchev–Trinajstić information content (AvgIpc) is 2.30. The lowest BCUT2D eigenvalue weighted by Crippen LogP contribution is -2.32. The minimum atomic E-state index is 0.262. The molecule has 0 bridgehead atoms. The van der Waals surface area contributed by atoms with E-state index in [1.165, 1.54) is 12.8 Å². The molecule has 1 aliphatic carbocycles. The maximum absolute atomic E-state index is 6.03. The Labute approximate surface area is 133 Å². The fraction of sp³-hybridized carbons (Fsp3) is 0.900. The lowest BCUT2D eigenvalue weighted by atomic mass is 9.69. The van der Waals surface area contributed by atoms with Gasteiger partial charge in [0.2, 0.25) is 0 Å². The second-order valence-electron chi connectivity index (χ2n) is 9.61. The lowest BCUT2D eigenvalue weighted by Gasteiger charge is -2.38. The van der Waals surface area contributed by atoms with Crippen molar-refractivity contribution < 1.29 is 4.74 Å². The van der Waals surface area contributed by atoms with Gasteiger partial charge in [-0.15, -0.1) is 0 Å². The molecule has 0 fully saturated rings. The quantitative estimate of drug-likeness (QED) is 0.569. The molecule has 0 aliphatic heterocycles. The Kier molecular flexibility index (Phi) is 6.53. The van der Waals surface area contributed by atoms with Crippen LogP contribution in [0.15, 0.2) is 12.2 Å². The molecule has 0 aromatic rings. The van der Waals surface area contributed by atoms with Crippen molar-refractivity contribution >= 4 is 0 Å². The molecular weight excluding hydrogens is 256 g/mol. The summed E-state index contributed by atoms with van der Waals surface area (Å²) in [6.45, 7) is 20.3. The Morgan fingerprint density at radius 2 is 1.52 bits per heavy atom. The van der Waals surface area contributed by atoms with Gasteiger partial charge in [-0.05, 0) is 41.4 Å². The standard InChI is InChI=1S/C20H38O/c1-15-9-10-17(13-21-14-20(6,7)8)18(16(15)2)11-12-19(3,4)5/h9-10,15-18H,11-14H2,1-8H3/t15-,16+,17-,18?/m1/s1. The predicted molar refractivity (Wildman–Crippen MR) is 93.4 cm³/mol. The van der Waals surface area contributed by atoms with E-state index in [0.717, 1.165) is 25.0 Å². The fourth-order valence-electron chi connectivity index (χ4n) is 3.17. The van der Waals surface area contributed by atoms with Crippen LogP contribution in [0.2, 0.25) is 0 Å². The minimum Gasteiger partial charge on any atom is -0.380 e. The van der Waals surface area contributed by atoms with E-state index in [-0.39, 0.29) is 5.41 Å². The van der Waals surface area contributed by atoms with Crippen LogP contribution >= 0.6 is 0 Å². The summed E-state index contributed by atoms with van der Waals surface area (Å²) in [5, 5.41) is 0. The van der Waals surface area contributed by atoms with E-state index in [4.69, 9.17) is 4.74 Å². The van der Waals surface area contributed by atoms with Crippen LogP contribution in [-0.2, 0) is 4.74 Å². The first-order valence-corrected chi connectivity index (χ1v) is 8.76. The summed E-state index contributed by atoms with van der Waals surface area (Å²) in [5.41, 5.74) is 0.694. The third kappa shape index (κ3) is 7.00. The number of ether oxygens (including phenoxy) is 1. The van der Waals surface area contributed by atoms with Gasteiger partial charge in [0.15, 0.2) is 0 Å². The van der Waals surface area contributed by atoms with E-state index in [2.05, 4.69) is 67.5 Å². The fourth-order valence-corrected chi connectivity index (χ4v) is 3.17. The molecule has 4 atom stereocenters. The average molecular weight is 295 g/mol. The van der Waals surface area contributed by atoms with Gasteiger partial charge in [0.1, 0.15) is 0 Å². The van der Waals surface area contributed by atoms with Crippen molar-refractivity contribution in [1.29, 1.82) is 0 Å². The van der Waals surface area contributed by atoms with Gasteiger partial charge in [-0.2, -0.15) is 0 Å². The summed E-state index contributed by atoms with van der Waals surface area (Å²) in [4.78, 5) is 0. The molecule has 0 spiro atoms. The zero-order chi connectivity index (χ0) is 16.3. The second-order valence-corrected chi connectivity index (χ2v) is 9.61. The summed E-state index contributed by atoms with van der Waals surface area (Å²) < 4.78 is 6.03. The molecule has 1 unspecified atom stereocenters. The highest BCUT2D eigenvalue weighted by atomic mass is 16.5. The highest BCUT2D eigenvalue weighted by Crippen LogP contribution is 2.39. The van der Waals surface area contributed by atoms with Gasteiger partial charge in [-0.3, -0.25) is 0 Å². The van der Waals surface area contributed by atoms with Crippen LogP contribution in [0.25, 0.3) is 0 Å². The van der Waals surface area contributed by atoms with Crippen LogP contribution < -0.4 is 0 Å². The first-order chi connectivity index (χ1) is 9.49. The Morgan fingerprint density at radius 3 is 2.05 bits per heavy atom. The van der Waals surface area contributed by atoms with Crippen molar-refractivity contribution in [3.8, 4) is 0 Å². The molecule has 0 aromatic heterocycles. The number of allylic oxidation sites excluding steroid dienone is 1. The smallest absolute Gasteiger partial charge is 0.0531 e. The van der Waals surface area contributed by atoms with Crippen LogP contribution in [0.1, 0.15) is 68.2 Å². The molecule has 0 saturated heterocycles. The van der Waals surface area contributed by atoms with E-state index in [1.807, 2.05) is 0 Å². The molecule has 0 radical (unpaired) electrons. The highest BCUT2D eigenvalue weighted by Gasteiger charge is 2.32. The minimum absolute atomic E-state index is 0.262. The molecule has 0 aromatic carbocycles. The maximum Gasteiger partial charge on any atom is 0.0531 e. The third-order valence-corrected chi connectivity index (χ3v) is 4.79. The second kappa shape index (κ2) is 7.31. The summed E-state index contributed by atoms with van der Waals surface area (Å²) in [6.07, 6.45) is 7.46. The van der Waals surface area contributed by atoms with Crippen molar-refractivity contribution in [2.24, 2.45) is 34.5 Å². The molecule has 124 valence electrons. The molecule has 0 heterocycles. The van der Waals surface area contributed by atoms with Crippen molar-refractivity contribution in [2.75, 3.05) is 13.2 Å². The molecule has 21 heavy (non-hydrogen) atoms. The monoisotopic (exact) mass is 294 g/mol. The molecule has 0 N–H and O–H groups in total. The largest absolute Gasteiger partial charge is 0.380 e. The number of hydrogen-bond donors (Lipinski definition) is 0. The molecule has 1 rings (SSSR count). The van der Waals surface area contributed by atoms with Crippen molar-refractivity contribution in [2.45, 2.75) is 68.2 Å². The Bertz CT molecular complexity index is 329. The van der Waals surface area contributed by atoms with Crippen molar-refractivity contribution in [1.82, 2.24) is 0 Å². The summed E-state index contributed by atoms with van der Waals surface area (Å²) in [5.74, 6) is 2.83. The summed E-state index contributed by atoms with van der Waals surface area (Å²) in [6, 6.07) is 0. The van der Waals surface area contributed by atoms with E-state index in [0.29, 0.717) is 17.3 Å².